The second kappa shape index (κ2) is 10.5. The molecule has 0 radical (unpaired) electrons. The van der Waals surface area contributed by atoms with E-state index in [0.29, 0.717) is 19.7 Å². The number of ether oxygens (including phenoxy) is 1. The molecule has 2 heterocycles. The number of nitrogens with zero attached hydrogens (tertiary/aromatic N) is 3. The van der Waals surface area contributed by atoms with Gasteiger partial charge in [0, 0.05) is 42.6 Å². The number of halogens is 1. The Labute approximate surface area is 217 Å². The van der Waals surface area contributed by atoms with Crippen molar-refractivity contribution in [3.63, 3.8) is 0 Å². The molecule has 1 fully saturated rings. The van der Waals surface area contributed by atoms with Crippen LogP contribution < -0.4 is 9.64 Å². The molecule has 1 amide bonds. The summed E-state index contributed by atoms with van der Waals surface area (Å²) in [4.78, 5) is 18.0. The van der Waals surface area contributed by atoms with Gasteiger partial charge in [-0.1, -0.05) is 60.1 Å². The van der Waals surface area contributed by atoms with Gasteiger partial charge in [-0.05, 0) is 55.8 Å². The van der Waals surface area contributed by atoms with Crippen LogP contribution in [-0.2, 0) is 0 Å². The van der Waals surface area contributed by atoms with Crippen LogP contribution in [-0.4, -0.2) is 48.2 Å². The minimum Gasteiger partial charge on any atom is -0.492 e. The molecule has 1 saturated heterocycles. The number of amides is 1. The van der Waals surface area contributed by atoms with E-state index in [1.807, 2.05) is 85.5 Å². The zero-order valence-corrected chi connectivity index (χ0v) is 21.4. The molecule has 0 atom stereocenters. The number of aromatic nitrogens is 1. The van der Waals surface area contributed by atoms with Crippen molar-refractivity contribution in [1.82, 2.24) is 9.47 Å². The van der Waals surface area contributed by atoms with Gasteiger partial charge in [-0.2, -0.15) is 0 Å². The third kappa shape index (κ3) is 4.71. The standard InChI is InChI=1S/C30H30ClN3O2/c1-3-36-29-15-8-7-14-27(29)34-22(2)26(21-28(34)23-10-5-4-6-11-23)30(35)33-18-16-32(17-19-33)25-13-9-12-24(31)20-25/h4-15,20-21H,3,16-19H2,1-2H3. The Morgan fingerprint density at radius 3 is 2.33 bits per heavy atom. The van der Waals surface area contributed by atoms with E-state index in [0.717, 1.165) is 57.8 Å². The summed E-state index contributed by atoms with van der Waals surface area (Å²) in [5.41, 5.74) is 5.67. The van der Waals surface area contributed by atoms with Crippen molar-refractivity contribution in [2.45, 2.75) is 13.8 Å². The van der Waals surface area contributed by atoms with Crippen LogP contribution in [0, 0.1) is 6.92 Å². The van der Waals surface area contributed by atoms with Gasteiger partial charge in [0.1, 0.15) is 5.75 Å². The Morgan fingerprint density at radius 2 is 1.61 bits per heavy atom. The number of anilines is 1. The van der Waals surface area contributed by atoms with Crippen LogP contribution in [0.1, 0.15) is 23.0 Å². The van der Waals surface area contributed by atoms with Crippen molar-refractivity contribution in [3.8, 4) is 22.7 Å². The van der Waals surface area contributed by atoms with E-state index in [1.165, 1.54) is 0 Å². The fourth-order valence-electron chi connectivity index (χ4n) is 4.89. The molecule has 0 aliphatic carbocycles. The van der Waals surface area contributed by atoms with Gasteiger partial charge >= 0.3 is 0 Å². The normalized spacial score (nSPS) is 13.6. The van der Waals surface area contributed by atoms with E-state index in [2.05, 4.69) is 27.7 Å². The van der Waals surface area contributed by atoms with Crippen molar-refractivity contribution in [2.75, 3.05) is 37.7 Å². The number of para-hydroxylation sites is 2. The Hall–Kier alpha value is -3.70. The third-order valence-electron chi connectivity index (χ3n) is 6.69. The van der Waals surface area contributed by atoms with Gasteiger partial charge in [-0.3, -0.25) is 4.79 Å². The predicted molar refractivity (Wildman–Crippen MR) is 147 cm³/mol. The quantitative estimate of drug-likeness (QED) is 0.305. The number of rotatable bonds is 6. The summed E-state index contributed by atoms with van der Waals surface area (Å²) in [5.74, 6) is 0.855. The van der Waals surface area contributed by atoms with Crippen molar-refractivity contribution in [1.29, 1.82) is 0 Å². The molecule has 6 heteroatoms. The van der Waals surface area contributed by atoms with Crippen LogP contribution in [0.5, 0.6) is 5.75 Å². The lowest BCUT2D eigenvalue weighted by Crippen LogP contribution is -2.48. The lowest BCUT2D eigenvalue weighted by atomic mass is 10.1. The van der Waals surface area contributed by atoms with E-state index >= 15 is 0 Å². The van der Waals surface area contributed by atoms with Crippen LogP contribution in [0.3, 0.4) is 0 Å². The van der Waals surface area contributed by atoms with Gasteiger partial charge < -0.3 is 19.1 Å². The number of carbonyl (C=O) groups excluding carboxylic acids is 1. The summed E-state index contributed by atoms with van der Waals surface area (Å²) in [6.45, 7) is 7.42. The second-order valence-corrected chi connectivity index (χ2v) is 9.33. The van der Waals surface area contributed by atoms with Gasteiger partial charge in [0.05, 0.1) is 23.6 Å². The molecule has 4 aromatic rings. The van der Waals surface area contributed by atoms with E-state index in [1.54, 1.807) is 0 Å². The highest BCUT2D eigenvalue weighted by Crippen LogP contribution is 2.34. The van der Waals surface area contributed by atoms with E-state index in [-0.39, 0.29) is 5.91 Å². The molecule has 0 bridgehead atoms. The molecule has 3 aromatic carbocycles. The summed E-state index contributed by atoms with van der Waals surface area (Å²) < 4.78 is 8.10. The van der Waals surface area contributed by atoms with Crippen LogP contribution >= 0.6 is 11.6 Å². The first-order valence-electron chi connectivity index (χ1n) is 12.4. The smallest absolute Gasteiger partial charge is 0.255 e. The largest absolute Gasteiger partial charge is 0.492 e. The minimum atomic E-state index is 0.0584. The lowest BCUT2D eigenvalue weighted by Gasteiger charge is -2.36. The summed E-state index contributed by atoms with van der Waals surface area (Å²) >= 11 is 6.19. The highest BCUT2D eigenvalue weighted by atomic mass is 35.5. The Morgan fingerprint density at radius 1 is 0.889 bits per heavy atom. The molecule has 184 valence electrons. The molecule has 1 aromatic heterocycles. The van der Waals surface area contributed by atoms with Gasteiger partial charge in [0.2, 0.25) is 0 Å². The number of carbonyl (C=O) groups is 1. The van der Waals surface area contributed by atoms with Crippen LogP contribution in [0.2, 0.25) is 5.02 Å². The van der Waals surface area contributed by atoms with Crippen molar-refractivity contribution in [2.24, 2.45) is 0 Å². The molecule has 5 nitrogen and oxygen atoms in total. The first-order chi connectivity index (χ1) is 17.6. The first-order valence-corrected chi connectivity index (χ1v) is 12.7. The van der Waals surface area contributed by atoms with E-state index in [4.69, 9.17) is 16.3 Å². The summed E-state index contributed by atoms with van der Waals surface area (Å²) in [6, 6.07) is 28.1. The van der Waals surface area contributed by atoms with Crippen molar-refractivity contribution < 1.29 is 9.53 Å². The molecule has 36 heavy (non-hydrogen) atoms. The topological polar surface area (TPSA) is 37.7 Å². The summed E-state index contributed by atoms with van der Waals surface area (Å²) in [5, 5.41) is 0.726. The predicted octanol–water partition coefficient (Wildman–Crippen LogP) is 6.47. The van der Waals surface area contributed by atoms with Gasteiger partial charge in [-0.25, -0.2) is 0 Å². The zero-order valence-electron chi connectivity index (χ0n) is 20.7. The zero-order chi connectivity index (χ0) is 25.1. The molecular formula is C30H30ClN3O2. The highest BCUT2D eigenvalue weighted by Gasteiger charge is 2.27. The average Bonchev–Trinajstić information content (AvgIpc) is 3.26. The monoisotopic (exact) mass is 499 g/mol. The maximum atomic E-state index is 13.8. The lowest BCUT2D eigenvalue weighted by molar-refractivity contribution is 0.0746. The van der Waals surface area contributed by atoms with E-state index < -0.39 is 0 Å². The Balaban J connectivity index is 1.48. The number of hydrogen-bond donors (Lipinski definition) is 0. The Bertz CT molecular complexity index is 1360. The Kier molecular flexibility index (Phi) is 7.01. The molecule has 0 unspecified atom stereocenters. The van der Waals surface area contributed by atoms with Crippen molar-refractivity contribution >= 4 is 23.2 Å². The molecule has 1 aliphatic heterocycles. The SMILES string of the molecule is CCOc1ccccc1-n1c(-c2ccccc2)cc(C(=O)N2CCN(c3cccc(Cl)c3)CC2)c1C. The van der Waals surface area contributed by atoms with Crippen LogP contribution in [0.25, 0.3) is 16.9 Å². The van der Waals surface area contributed by atoms with Crippen LogP contribution in [0.4, 0.5) is 5.69 Å². The van der Waals surface area contributed by atoms with Crippen molar-refractivity contribution in [3.05, 3.63) is 101 Å². The molecule has 0 N–H and O–H groups in total. The number of hydrogen-bond acceptors (Lipinski definition) is 3. The molecule has 0 spiro atoms. The fourth-order valence-corrected chi connectivity index (χ4v) is 5.07. The number of piperazine rings is 1. The maximum Gasteiger partial charge on any atom is 0.255 e. The minimum absolute atomic E-state index is 0.0584. The third-order valence-corrected chi connectivity index (χ3v) is 6.93. The average molecular weight is 500 g/mol. The van der Waals surface area contributed by atoms with Gasteiger partial charge in [0.15, 0.2) is 0 Å². The molecular weight excluding hydrogens is 470 g/mol. The van der Waals surface area contributed by atoms with E-state index in [9.17, 15) is 4.79 Å². The van der Waals surface area contributed by atoms with Crippen LogP contribution in [0.15, 0.2) is 84.9 Å². The summed E-state index contributed by atoms with van der Waals surface area (Å²) in [6.07, 6.45) is 0. The first kappa shape index (κ1) is 24.0. The molecule has 0 saturated carbocycles. The number of benzene rings is 3. The highest BCUT2D eigenvalue weighted by molar-refractivity contribution is 6.30. The van der Waals surface area contributed by atoms with Gasteiger partial charge in [0.25, 0.3) is 5.91 Å². The summed E-state index contributed by atoms with van der Waals surface area (Å²) in [7, 11) is 0. The van der Waals surface area contributed by atoms with Gasteiger partial charge in [-0.15, -0.1) is 0 Å². The maximum absolute atomic E-state index is 13.8. The molecule has 5 rings (SSSR count). The molecule has 1 aliphatic rings. The second-order valence-electron chi connectivity index (χ2n) is 8.89. The fraction of sp³-hybridized carbons (Fsp3) is 0.233.